The van der Waals surface area contributed by atoms with Gasteiger partial charge >= 0.3 is 17.9 Å². The van der Waals surface area contributed by atoms with Gasteiger partial charge in [-0.1, -0.05) is 36.4 Å². The van der Waals surface area contributed by atoms with Crippen LogP contribution < -0.4 is 33.7 Å². The van der Waals surface area contributed by atoms with Crippen molar-refractivity contribution in [2.75, 3.05) is 47.0 Å². The summed E-state index contributed by atoms with van der Waals surface area (Å²) in [5.41, 5.74) is 5.21. The second-order valence-electron chi connectivity index (χ2n) is 17.4. The number of carbonyl (C=O) groups is 3. The molecule has 7 aliphatic rings. The van der Waals surface area contributed by atoms with E-state index in [2.05, 4.69) is 10.2 Å². The number of thioether (sulfide) groups is 1. The van der Waals surface area contributed by atoms with Crippen LogP contribution in [0, 0.1) is 13.8 Å². The van der Waals surface area contributed by atoms with E-state index in [-0.39, 0.29) is 42.8 Å². The van der Waals surface area contributed by atoms with Gasteiger partial charge < -0.3 is 43.4 Å². The summed E-state index contributed by atoms with van der Waals surface area (Å²) in [5.74, 6) is 0.736. The molecule has 0 amide bonds. The highest BCUT2D eigenvalue weighted by Gasteiger charge is 2.61. The molecule has 7 atom stereocenters. The van der Waals surface area contributed by atoms with Gasteiger partial charge in [0.2, 0.25) is 6.79 Å². The van der Waals surface area contributed by atoms with Gasteiger partial charge in [-0.15, -0.1) is 11.8 Å². The number of aliphatic hydroxyl groups excluding tert-OH is 1. The summed E-state index contributed by atoms with van der Waals surface area (Å²) >= 11 is 1.46. The van der Waals surface area contributed by atoms with Gasteiger partial charge in [-0.3, -0.25) is 24.7 Å². The van der Waals surface area contributed by atoms with Crippen LogP contribution in [0.25, 0.3) is 0 Å². The third kappa shape index (κ3) is 6.50. The smallest absolute Gasteiger partial charge is 0.331 e. The van der Waals surface area contributed by atoms with Gasteiger partial charge in [-0.2, -0.15) is 0 Å². The summed E-state index contributed by atoms with van der Waals surface area (Å²) < 4.78 is 42.5. The van der Waals surface area contributed by atoms with Gasteiger partial charge in [0, 0.05) is 53.9 Å². The number of esters is 3. The standard InChI is InChI=1S/C48H51N3O12S/c1-23-16-28-17-30-46(55)51-31-20-59-47(56)48(29-19-32(57-5)33(18-27(29)14-15-49-48)63-34(53)13-12-26-10-8-7-9-11-26)21-64-45(39(51)38(50(30)4)35(28)40(54)41(23)58-6)37-36(31)44-43(60-22-61-44)24(2)42(37)62-25(3)52/h7-11,16,18-19,30-31,38-39,45-46,49,54-55H,12-15,17,20-22H2,1-6H3/t30-,31-,38-,39?,45-,46+,48-/m1/s1. The molecule has 0 aliphatic carbocycles. The summed E-state index contributed by atoms with van der Waals surface area (Å²) in [7, 11) is 4.98. The van der Waals surface area contributed by atoms with E-state index in [0.29, 0.717) is 76.6 Å². The van der Waals surface area contributed by atoms with Gasteiger partial charge in [0.05, 0.1) is 37.6 Å². The first-order chi connectivity index (χ1) is 30.9. The number of piperazine rings is 1. The van der Waals surface area contributed by atoms with Crippen LogP contribution in [0.2, 0.25) is 0 Å². The molecule has 11 rings (SSSR count). The third-order valence-corrected chi connectivity index (χ3v) is 15.4. The number of ether oxygens (including phenoxy) is 7. The number of benzene rings is 4. The zero-order valence-electron chi connectivity index (χ0n) is 36.5. The average molecular weight is 894 g/mol. The molecule has 2 fully saturated rings. The number of nitrogens with zero attached hydrogens (tertiary/aromatic N) is 2. The molecular weight excluding hydrogens is 843 g/mol. The van der Waals surface area contributed by atoms with Gasteiger partial charge in [0.15, 0.2) is 40.0 Å². The fourth-order valence-corrected chi connectivity index (χ4v) is 12.8. The minimum atomic E-state index is -1.43. The molecule has 336 valence electrons. The molecule has 3 N–H and O–H groups in total. The average Bonchev–Trinajstić information content (AvgIpc) is 3.78. The number of phenolic OH excluding ortho intramolecular Hbond substituents is 1. The van der Waals surface area contributed by atoms with Crippen LogP contribution in [0.4, 0.5) is 0 Å². The second kappa shape index (κ2) is 16.2. The van der Waals surface area contributed by atoms with Gasteiger partial charge in [-0.25, -0.2) is 4.79 Å². The molecule has 0 radical (unpaired) electrons. The summed E-state index contributed by atoms with van der Waals surface area (Å²) in [6.45, 7) is 5.17. The molecule has 1 spiro atoms. The molecule has 0 aromatic heterocycles. The van der Waals surface area contributed by atoms with Crippen LogP contribution in [0.1, 0.15) is 80.7 Å². The fourth-order valence-electron chi connectivity index (χ4n) is 11.1. The Morgan fingerprint density at radius 2 is 1.73 bits per heavy atom. The third-order valence-electron chi connectivity index (χ3n) is 13.9. The lowest BCUT2D eigenvalue weighted by atomic mass is 9.73. The molecule has 7 heterocycles. The number of aryl methyl sites for hydroxylation is 2. The molecular formula is C48H51N3O12S. The van der Waals surface area contributed by atoms with Crippen LogP contribution in [0.5, 0.6) is 40.2 Å². The zero-order valence-corrected chi connectivity index (χ0v) is 37.3. The molecule has 4 bridgehead atoms. The van der Waals surface area contributed by atoms with Crippen molar-refractivity contribution in [3.63, 3.8) is 0 Å². The highest BCUT2D eigenvalue weighted by atomic mass is 32.2. The topological polar surface area (TPSA) is 175 Å². The Hall–Kier alpha value is -5.52. The lowest BCUT2D eigenvalue weighted by Gasteiger charge is -2.62. The van der Waals surface area contributed by atoms with E-state index in [0.717, 1.165) is 22.3 Å². The maximum Gasteiger partial charge on any atom is 0.331 e. The molecule has 16 heteroatoms. The SMILES string of the molecule is COc1cc2c(cc1OC(=O)CCc1ccccc1)CCN[C@]21CS[C@@H]2c3c(OC(C)=O)c(C)c4c(c3[C@@H](COC1=O)N1C2[C@H]2c3c(cc(C)c(OC)c3O)C[C@H]([C@@H]1O)N2C)OCO4. The van der Waals surface area contributed by atoms with Gasteiger partial charge in [-0.05, 0) is 80.1 Å². The predicted molar refractivity (Wildman–Crippen MR) is 233 cm³/mol. The van der Waals surface area contributed by atoms with Crippen molar-refractivity contribution in [2.45, 2.75) is 87.6 Å². The van der Waals surface area contributed by atoms with Crippen molar-refractivity contribution in [1.29, 1.82) is 0 Å². The van der Waals surface area contributed by atoms with E-state index in [1.807, 2.05) is 62.2 Å². The minimum Gasteiger partial charge on any atom is -0.504 e. The van der Waals surface area contributed by atoms with Crippen LogP contribution in [0.3, 0.4) is 0 Å². The number of fused-ring (bicyclic) bond motifs is 9. The van der Waals surface area contributed by atoms with Crippen molar-refractivity contribution < 1.29 is 57.8 Å². The number of nitrogens with one attached hydrogen (secondary N) is 1. The van der Waals surface area contributed by atoms with Crippen molar-refractivity contribution >= 4 is 29.7 Å². The highest BCUT2D eigenvalue weighted by molar-refractivity contribution is 7.99. The second-order valence-corrected chi connectivity index (χ2v) is 18.5. The van der Waals surface area contributed by atoms with Gasteiger partial charge in [0.1, 0.15) is 18.6 Å². The number of phenols is 1. The molecule has 15 nitrogen and oxygen atoms in total. The molecule has 1 unspecified atom stereocenters. The number of hydrogen-bond acceptors (Lipinski definition) is 16. The molecule has 4 aromatic rings. The molecule has 0 saturated carbocycles. The number of hydrogen-bond donors (Lipinski definition) is 3. The Morgan fingerprint density at radius 1 is 0.953 bits per heavy atom. The maximum atomic E-state index is 15.1. The molecule has 2 saturated heterocycles. The molecule has 64 heavy (non-hydrogen) atoms. The highest BCUT2D eigenvalue weighted by Crippen LogP contribution is 2.64. The van der Waals surface area contributed by atoms with Crippen LogP contribution >= 0.6 is 11.8 Å². The van der Waals surface area contributed by atoms with E-state index < -0.39 is 59.1 Å². The summed E-state index contributed by atoms with van der Waals surface area (Å²) in [4.78, 5) is 45.5. The molecule has 4 aromatic carbocycles. The molecule has 7 aliphatic heterocycles. The van der Waals surface area contributed by atoms with E-state index in [9.17, 15) is 19.8 Å². The number of aromatic hydroxyl groups is 1. The normalized spacial score (nSPS) is 26.5. The lowest BCUT2D eigenvalue weighted by Crippen LogP contribution is -2.70. The Balaban J connectivity index is 1.12. The number of likely N-dealkylation sites (N-methyl/N-ethyl adjacent to an activating group) is 1. The maximum absolute atomic E-state index is 15.1. The summed E-state index contributed by atoms with van der Waals surface area (Å²) in [6.07, 6.45) is 0.565. The van der Waals surface area contributed by atoms with E-state index in [1.54, 1.807) is 12.1 Å². The fraction of sp³-hybridized carbons (Fsp3) is 0.438. The van der Waals surface area contributed by atoms with E-state index >= 15 is 4.79 Å². The van der Waals surface area contributed by atoms with Crippen LogP contribution in [0.15, 0.2) is 48.5 Å². The Labute approximate surface area is 374 Å². The van der Waals surface area contributed by atoms with E-state index in [1.165, 1.54) is 32.9 Å². The number of rotatable bonds is 7. The lowest BCUT2D eigenvalue weighted by molar-refractivity contribution is -0.186. The first kappa shape index (κ1) is 42.4. The Bertz CT molecular complexity index is 2590. The Kier molecular flexibility index (Phi) is 10.7. The number of aliphatic hydroxyl groups is 1. The monoisotopic (exact) mass is 893 g/mol. The minimum absolute atomic E-state index is 0.0267. The van der Waals surface area contributed by atoms with Crippen LogP contribution in [-0.2, 0) is 43.9 Å². The van der Waals surface area contributed by atoms with Crippen molar-refractivity contribution in [1.82, 2.24) is 15.1 Å². The van der Waals surface area contributed by atoms with E-state index in [4.69, 9.17) is 33.2 Å². The van der Waals surface area contributed by atoms with Crippen molar-refractivity contribution in [2.24, 2.45) is 0 Å². The first-order valence-corrected chi connectivity index (χ1v) is 22.6. The largest absolute Gasteiger partial charge is 0.504 e. The van der Waals surface area contributed by atoms with Crippen molar-refractivity contribution in [3.8, 4) is 40.2 Å². The summed E-state index contributed by atoms with van der Waals surface area (Å²) in [6, 6.07) is 12.9. The quantitative estimate of drug-likeness (QED) is 0.162. The van der Waals surface area contributed by atoms with Gasteiger partial charge in [0.25, 0.3) is 0 Å². The van der Waals surface area contributed by atoms with Crippen molar-refractivity contribution in [3.05, 3.63) is 98.6 Å². The van der Waals surface area contributed by atoms with Crippen LogP contribution in [-0.4, -0.2) is 103 Å². The number of methoxy groups -OCH3 is 2. The number of carbonyl (C=O) groups excluding carboxylic acids is 3. The summed E-state index contributed by atoms with van der Waals surface area (Å²) in [5, 5.41) is 27.7. The Morgan fingerprint density at radius 3 is 2.48 bits per heavy atom. The zero-order chi connectivity index (χ0) is 44.8. The predicted octanol–water partition coefficient (Wildman–Crippen LogP) is 5.25. The first-order valence-electron chi connectivity index (χ1n) is 21.6.